The predicted molar refractivity (Wildman–Crippen MR) is 77.8 cm³/mol. The highest BCUT2D eigenvalue weighted by Gasteiger charge is 2.09. The van der Waals surface area contributed by atoms with Crippen LogP contribution in [0.2, 0.25) is 5.02 Å². The maximum Gasteiger partial charge on any atom is 0.335 e. The molecule has 0 spiro atoms. The van der Waals surface area contributed by atoms with Crippen molar-refractivity contribution in [3.63, 3.8) is 0 Å². The van der Waals surface area contributed by atoms with Gasteiger partial charge in [0, 0.05) is 10.7 Å². The van der Waals surface area contributed by atoms with E-state index < -0.39 is 5.97 Å². The van der Waals surface area contributed by atoms with Crippen LogP contribution in [0.15, 0.2) is 42.7 Å². The van der Waals surface area contributed by atoms with Crippen LogP contribution in [0.4, 0.5) is 0 Å². The van der Waals surface area contributed by atoms with Crippen molar-refractivity contribution in [3.8, 4) is 5.69 Å². The summed E-state index contributed by atoms with van der Waals surface area (Å²) in [6.45, 7) is 1.93. The summed E-state index contributed by atoms with van der Waals surface area (Å²) in [6.07, 6.45) is 1.66. The number of benzene rings is 2. The van der Waals surface area contributed by atoms with E-state index in [1.165, 1.54) is 0 Å². The number of imidazole rings is 1. The van der Waals surface area contributed by atoms with E-state index in [4.69, 9.17) is 16.7 Å². The zero-order chi connectivity index (χ0) is 14.3. The lowest BCUT2D eigenvalue weighted by molar-refractivity contribution is 0.0697. The van der Waals surface area contributed by atoms with Crippen molar-refractivity contribution in [1.29, 1.82) is 0 Å². The van der Waals surface area contributed by atoms with Crippen LogP contribution in [0, 0.1) is 6.92 Å². The topological polar surface area (TPSA) is 55.1 Å². The lowest BCUT2D eigenvalue weighted by Gasteiger charge is -2.06. The Labute approximate surface area is 120 Å². The molecule has 0 radical (unpaired) electrons. The van der Waals surface area contributed by atoms with Gasteiger partial charge in [-0.1, -0.05) is 17.7 Å². The molecule has 3 rings (SSSR count). The van der Waals surface area contributed by atoms with E-state index in [0.29, 0.717) is 5.02 Å². The number of nitrogens with zero attached hydrogens (tertiary/aromatic N) is 2. The van der Waals surface area contributed by atoms with Crippen LogP contribution in [-0.2, 0) is 0 Å². The molecule has 0 fully saturated rings. The summed E-state index contributed by atoms with van der Waals surface area (Å²) in [4.78, 5) is 15.3. The van der Waals surface area contributed by atoms with Gasteiger partial charge >= 0.3 is 5.97 Å². The summed E-state index contributed by atoms with van der Waals surface area (Å²) in [6, 6.07) is 10.5. The first-order valence-electron chi connectivity index (χ1n) is 6.03. The Morgan fingerprint density at radius 2 is 2.05 bits per heavy atom. The number of aromatic carboxylic acids is 1. The highest BCUT2D eigenvalue weighted by Crippen LogP contribution is 2.23. The smallest absolute Gasteiger partial charge is 0.335 e. The van der Waals surface area contributed by atoms with E-state index in [9.17, 15) is 4.79 Å². The molecule has 0 atom stereocenters. The monoisotopic (exact) mass is 286 g/mol. The third kappa shape index (κ3) is 2.04. The van der Waals surface area contributed by atoms with Gasteiger partial charge in [0.2, 0.25) is 0 Å². The maximum atomic E-state index is 11.1. The molecule has 5 heteroatoms. The number of carbonyl (C=O) groups is 1. The quantitative estimate of drug-likeness (QED) is 0.782. The number of halogens is 1. The predicted octanol–water partition coefficient (Wildman–Crippen LogP) is 3.69. The fourth-order valence-electron chi connectivity index (χ4n) is 2.08. The van der Waals surface area contributed by atoms with Gasteiger partial charge in [-0.25, -0.2) is 9.78 Å². The van der Waals surface area contributed by atoms with E-state index in [0.717, 1.165) is 22.3 Å². The summed E-state index contributed by atoms with van der Waals surface area (Å²) in [5, 5.41) is 9.74. The van der Waals surface area contributed by atoms with Gasteiger partial charge in [0.15, 0.2) is 0 Å². The number of aromatic nitrogens is 2. The number of carboxylic acid groups (broad SMARTS) is 1. The Hall–Kier alpha value is -2.33. The molecule has 100 valence electrons. The molecular formula is C15H11ClN2O2. The average molecular weight is 287 g/mol. The Balaban J connectivity index is 2.22. The first kappa shape index (κ1) is 12.7. The summed E-state index contributed by atoms with van der Waals surface area (Å²) in [7, 11) is 0. The molecule has 3 aromatic rings. The molecule has 0 unspecified atom stereocenters. The van der Waals surface area contributed by atoms with Crippen molar-refractivity contribution in [1.82, 2.24) is 9.55 Å². The van der Waals surface area contributed by atoms with Gasteiger partial charge in [-0.3, -0.25) is 4.57 Å². The molecule has 1 N–H and O–H groups in total. The Kier molecular flexibility index (Phi) is 2.95. The van der Waals surface area contributed by atoms with E-state index in [-0.39, 0.29) is 5.56 Å². The number of fused-ring (bicyclic) bond motifs is 1. The van der Waals surface area contributed by atoms with Gasteiger partial charge in [0.1, 0.15) is 6.33 Å². The Morgan fingerprint density at radius 1 is 1.25 bits per heavy atom. The normalized spacial score (nSPS) is 10.9. The summed E-state index contributed by atoms with van der Waals surface area (Å²) >= 11 is 6.14. The molecule has 0 aliphatic heterocycles. The molecule has 20 heavy (non-hydrogen) atoms. The largest absolute Gasteiger partial charge is 0.478 e. The van der Waals surface area contributed by atoms with Crippen molar-refractivity contribution in [2.24, 2.45) is 0 Å². The molecule has 0 saturated heterocycles. The van der Waals surface area contributed by atoms with Gasteiger partial charge < -0.3 is 5.11 Å². The van der Waals surface area contributed by atoms with Gasteiger partial charge in [0.05, 0.1) is 16.6 Å². The van der Waals surface area contributed by atoms with Crippen molar-refractivity contribution in [2.45, 2.75) is 6.92 Å². The van der Waals surface area contributed by atoms with Gasteiger partial charge in [-0.2, -0.15) is 0 Å². The Bertz CT molecular complexity index is 824. The lowest BCUT2D eigenvalue weighted by Crippen LogP contribution is -1.97. The summed E-state index contributed by atoms with van der Waals surface area (Å²) < 4.78 is 1.83. The Morgan fingerprint density at radius 3 is 2.75 bits per heavy atom. The molecular weight excluding hydrogens is 276 g/mol. The molecule has 0 saturated carbocycles. The molecule has 2 aromatic carbocycles. The van der Waals surface area contributed by atoms with Crippen molar-refractivity contribution in [2.75, 3.05) is 0 Å². The van der Waals surface area contributed by atoms with E-state index in [1.807, 2.05) is 29.7 Å². The maximum absolute atomic E-state index is 11.1. The number of aryl methyl sites for hydroxylation is 1. The minimum absolute atomic E-state index is 0.234. The molecule has 1 heterocycles. The van der Waals surface area contributed by atoms with Crippen LogP contribution in [0.3, 0.4) is 0 Å². The molecule has 1 aromatic heterocycles. The second kappa shape index (κ2) is 4.65. The summed E-state index contributed by atoms with van der Waals surface area (Å²) in [5.74, 6) is -0.957. The minimum Gasteiger partial charge on any atom is -0.478 e. The van der Waals surface area contributed by atoms with Crippen molar-refractivity contribution < 1.29 is 9.90 Å². The van der Waals surface area contributed by atoms with Gasteiger partial charge in [-0.15, -0.1) is 0 Å². The van der Waals surface area contributed by atoms with Crippen molar-refractivity contribution in [3.05, 3.63) is 58.9 Å². The van der Waals surface area contributed by atoms with Crippen LogP contribution in [0.5, 0.6) is 0 Å². The van der Waals surface area contributed by atoms with Crippen LogP contribution in [-0.4, -0.2) is 20.6 Å². The second-order valence-corrected chi connectivity index (χ2v) is 4.96. The fraction of sp³-hybridized carbons (Fsp3) is 0.0667. The van der Waals surface area contributed by atoms with Gasteiger partial charge in [0.25, 0.3) is 0 Å². The number of rotatable bonds is 2. The number of hydrogen-bond donors (Lipinski definition) is 1. The van der Waals surface area contributed by atoms with E-state index >= 15 is 0 Å². The zero-order valence-electron chi connectivity index (χ0n) is 10.7. The highest BCUT2D eigenvalue weighted by atomic mass is 35.5. The molecule has 0 aliphatic carbocycles. The van der Waals surface area contributed by atoms with Crippen molar-refractivity contribution >= 4 is 28.6 Å². The first-order chi connectivity index (χ1) is 9.56. The van der Waals surface area contributed by atoms with E-state index in [1.54, 1.807) is 24.5 Å². The highest BCUT2D eigenvalue weighted by molar-refractivity contribution is 6.31. The van der Waals surface area contributed by atoms with Crippen LogP contribution >= 0.6 is 11.6 Å². The lowest BCUT2D eigenvalue weighted by atomic mass is 10.2. The number of carboxylic acids is 1. The van der Waals surface area contributed by atoms with Crippen LogP contribution < -0.4 is 0 Å². The van der Waals surface area contributed by atoms with Gasteiger partial charge in [-0.05, 0) is 42.8 Å². The minimum atomic E-state index is -0.957. The standard InChI is InChI=1S/C15H11ClN2O2/c1-9-2-4-11(7-12(9)16)18-8-17-13-5-3-10(15(19)20)6-14(13)18/h2-8H,1H3,(H,19,20). The molecule has 0 aliphatic rings. The number of hydrogen-bond acceptors (Lipinski definition) is 2. The fourth-order valence-corrected chi connectivity index (χ4v) is 2.25. The third-order valence-electron chi connectivity index (χ3n) is 3.23. The molecule has 0 bridgehead atoms. The zero-order valence-corrected chi connectivity index (χ0v) is 11.4. The second-order valence-electron chi connectivity index (χ2n) is 4.56. The van der Waals surface area contributed by atoms with Crippen LogP contribution in [0.25, 0.3) is 16.7 Å². The SMILES string of the molecule is Cc1ccc(-n2cnc3ccc(C(=O)O)cc32)cc1Cl. The average Bonchev–Trinajstić information content (AvgIpc) is 2.84. The first-order valence-corrected chi connectivity index (χ1v) is 6.41. The van der Waals surface area contributed by atoms with E-state index in [2.05, 4.69) is 4.98 Å². The summed E-state index contributed by atoms with van der Waals surface area (Å²) in [5.41, 5.74) is 3.56. The molecule has 0 amide bonds. The third-order valence-corrected chi connectivity index (χ3v) is 3.63. The van der Waals surface area contributed by atoms with Crippen LogP contribution in [0.1, 0.15) is 15.9 Å². The molecule has 4 nitrogen and oxygen atoms in total.